The lowest BCUT2D eigenvalue weighted by Gasteiger charge is -2.24. The van der Waals surface area contributed by atoms with Crippen LogP contribution >= 0.6 is 0 Å². The number of likely N-dealkylation sites (tertiary alicyclic amines) is 1. The van der Waals surface area contributed by atoms with E-state index in [0.717, 1.165) is 5.56 Å². The predicted molar refractivity (Wildman–Crippen MR) is 71.9 cm³/mol. The number of β-amino-alcohol motifs (C(OH)–C–C–N with tert-alkyl or cyclic N) is 1. The second-order valence-corrected chi connectivity index (χ2v) is 5.03. The van der Waals surface area contributed by atoms with Crippen LogP contribution in [0.1, 0.15) is 12.0 Å². The summed E-state index contributed by atoms with van der Waals surface area (Å²) in [6, 6.07) is 7.51. The first kappa shape index (κ1) is 14.5. The first-order valence-corrected chi connectivity index (χ1v) is 6.50. The number of aliphatic carboxylic acids is 1. The van der Waals surface area contributed by atoms with E-state index in [2.05, 4.69) is 0 Å². The summed E-state index contributed by atoms with van der Waals surface area (Å²) in [5, 5.41) is 18.6. The third-order valence-corrected chi connectivity index (χ3v) is 3.46. The van der Waals surface area contributed by atoms with Crippen molar-refractivity contribution in [2.45, 2.75) is 31.0 Å². The van der Waals surface area contributed by atoms with Crippen molar-refractivity contribution in [1.82, 2.24) is 4.90 Å². The van der Waals surface area contributed by atoms with Crippen LogP contribution in [0.4, 0.5) is 0 Å². The molecule has 1 amide bonds. The van der Waals surface area contributed by atoms with Crippen LogP contribution in [0.25, 0.3) is 0 Å². The van der Waals surface area contributed by atoms with Crippen LogP contribution in [0.2, 0.25) is 0 Å². The van der Waals surface area contributed by atoms with E-state index in [1.807, 2.05) is 30.3 Å². The molecule has 4 N–H and O–H groups in total. The molecule has 1 aromatic carbocycles. The second kappa shape index (κ2) is 6.02. The lowest BCUT2D eigenvalue weighted by atomic mass is 10.1. The monoisotopic (exact) mass is 278 g/mol. The number of carbonyl (C=O) groups is 2. The molecule has 0 aromatic heterocycles. The average Bonchev–Trinajstić information content (AvgIpc) is 2.81. The van der Waals surface area contributed by atoms with Crippen molar-refractivity contribution in [1.29, 1.82) is 0 Å². The van der Waals surface area contributed by atoms with E-state index in [1.165, 1.54) is 4.90 Å². The molecular formula is C14H18N2O4. The highest BCUT2D eigenvalue weighted by Crippen LogP contribution is 2.19. The summed E-state index contributed by atoms with van der Waals surface area (Å²) in [5.74, 6) is -1.54. The molecule has 6 nitrogen and oxygen atoms in total. The minimum Gasteiger partial charge on any atom is -0.480 e. The second-order valence-electron chi connectivity index (χ2n) is 5.03. The molecule has 1 saturated heterocycles. The summed E-state index contributed by atoms with van der Waals surface area (Å²) in [5.41, 5.74) is 6.79. The lowest BCUT2D eigenvalue weighted by molar-refractivity contribution is -0.148. The van der Waals surface area contributed by atoms with Crippen LogP contribution in [-0.4, -0.2) is 51.7 Å². The molecule has 108 valence electrons. The largest absolute Gasteiger partial charge is 0.480 e. The fraction of sp³-hybridized carbons (Fsp3) is 0.429. The Morgan fingerprint density at radius 3 is 2.60 bits per heavy atom. The van der Waals surface area contributed by atoms with Crippen molar-refractivity contribution in [3.63, 3.8) is 0 Å². The molecule has 1 heterocycles. The minimum absolute atomic E-state index is 0.0261. The Labute approximate surface area is 116 Å². The summed E-state index contributed by atoms with van der Waals surface area (Å²) in [7, 11) is 0. The molecule has 3 atom stereocenters. The standard InChI is InChI=1S/C14H18N2O4/c15-11(6-9-4-2-1-3-5-9)13(18)16-8-10(17)7-12(16)14(19)20/h1-5,10-12,17H,6-8,15H2,(H,19,20)/t10?,11-,12-/m0/s1. The highest BCUT2D eigenvalue weighted by Gasteiger charge is 2.40. The molecule has 0 aliphatic carbocycles. The van der Waals surface area contributed by atoms with Crippen molar-refractivity contribution in [3.05, 3.63) is 35.9 Å². The number of carboxylic acids is 1. The number of carboxylic acid groups (broad SMARTS) is 1. The third-order valence-electron chi connectivity index (χ3n) is 3.46. The Bertz CT molecular complexity index is 491. The van der Waals surface area contributed by atoms with E-state index in [0.29, 0.717) is 6.42 Å². The quantitative estimate of drug-likeness (QED) is 0.695. The Balaban J connectivity index is 2.04. The van der Waals surface area contributed by atoms with Gasteiger partial charge in [0.2, 0.25) is 5.91 Å². The normalized spacial score (nSPS) is 23.6. The van der Waals surface area contributed by atoms with E-state index < -0.39 is 30.1 Å². The number of amides is 1. The number of nitrogens with zero attached hydrogens (tertiary/aromatic N) is 1. The van der Waals surface area contributed by atoms with Crippen molar-refractivity contribution in [2.24, 2.45) is 5.73 Å². The summed E-state index contributed by atoms with van der Waals surface area (Å²) in [4.78, 5) is 24.5. The summed E-state index contributed by atoms with van der Waals surface area (Å²) >= 11 is 0. The Hall–Kier alpha value is -1.92. The van der Waals surface area contributed by atoms with Gasteiger partial charge in [0.05, 0.1) is 12.1 Å². The molecule has 2 rings (SSSR count). The van der Waals surface area contributed by atoms with Gasteiger partial charge < -0.3 is 20.8 Å². The van der Waals surface area contributed by atoms with Gasteiger partial charge in [0, 0.05) is 13.0 Å². The van der Waals surface area contributed by atoms with Crippen LogP contribution in [-0.2, 0) is 16.0 Å². The Kier molecular flexibility index (Phi) is 4.36. The van der Waals surface area contributed by atoms with Gasteiger partial charge in [0.15, 0.2) is 0 Å². The molecule has 1 aliphatic rings. The molecular weight excluding hydrogens is 260 g/mol. The summed E-state index contributed by atoms with van der Waals surface area (Å²) < 4.78 is 0. The SMILES string of the molecule is N[C@@H](Cc1ccccc1)C(=O)N1CC(O)C[C@H]1C(=O)O. The first-order valence-electron chi connectivity index (χ1n) is 6.50. The van der Waals surface area contributed by atoms with Gasteiger partial charge in [0.1, 0.15) is 6.04 Å². The number of nitrogens with two attached hydrogens (primary N) is 1. The molecule has 0 spiro atoms. The average molecular weight is 278 g/mol. The van der Waals surface area contributed by atoms with Gasteiger partial charge in [-0.25, -0.2) is 4.79 Å². The van der Waals surface area contributed by atoms with Crippen LogP contribution < -0.4 is 5.73 Å². The van der Waals surface area contributed by atoms with Crippen LogP contribution in [0.5, 0.6) is 0 Å². The summed E-state index contributed by atoms with van der Waals surface area (Å²) in [6.07, 6.45) is -0.401. The van der Waals surface area contributed by atoms with Gasteiger partial charge in [-0.05, 0) is 12.0 Å². The number of aliphatic hydroxyl groups is 1. The topological polar surface area (TPSA) is 104 Å². The number of carbonyl (C=O) groups excluding carboxylic acids is 1. The van der Waals surface area contributed by atoms with E-state index >= 15 is 0 Å². The molecule has 1 unspecified atom stereocenters. The maximum absolute atomic E-state index is 12.2. The molecule has 1 aliphatic heterocycles. The van der Waals surface area contributed by atoms with E-state index in [9.17, 15) is 14.7 Å². The van der Waals surface area contributed by atoms with Gasteiger partial charge in [-0.2, -0.15) is 0 Å². The zero-order valence-corrected chi connectivity index (χ0v) is 11.0. The maximum Gasteiger partial charge on any atom is 0.326 e. The zero-order chi connectivity index (χ0) is 14.7. The molecule has 20 heavy (non-hydrogen) atoms. The zero-order valence-electron chi connectivity index (χ0n) is 11.0. The van der Waals surface area contributed by atoms with Gasteiger partial charge in [-0.1, -0.05) is 30.3 Å². The number of hydrogen-bond donors (Lipinski definition) is 3. The summed E-state index contributed by atoms with van der Waals surface area (Å²) in [6.45, 7) is 0.0261. The van der Waals surface area contributed by atoms with E-state index in [-0.39, 0.29) is 13.0 Å². The third kappa shape index (κ3) is 3.15. The predicted octanol–water partition coefficient (Wildman–Crippen LogP) is -0.397. The van der Waals surface area contributed by atoms with Gasteiger partial charge >= 0.3 is 5.97 Å². The van der Waals surface area contributed by atoms with Crippen molar-refractivity contribution in [2.75, 3.05) is 6.54 Å². The van der Waals surface area contributed by atoms with Gasteiger partial charge in [0.25, 0.3) is 0 Å². The number of benzene rings is 1. The molecule has 0 radical (unpaired) electrons. The van der Waals surface area contributed by atoms with Crippen LogP contribution in [0.15, 0.2) is 30.3 Å². The number of aliphatic hydroxyl groups excluding tert-OH is 1. The van der Waals surface area contributed by atoms with Crippen molar-refractivity contribution >= 4 is 11.9 Å². The fourth-order valence-corrected chi connectivity index (χ4v) is 2.46. The molecule has 1 fully saturated rings. The minimum atomic E-state index is -1.11. The van der Waals surface area contributed by atoms with E-state index in [1.54, 1.807) is 0 Å². The van der Waals surface area contributed by atoms with Crippen LogP contribution in [0, 0.1) is 0 Å². The number of hydrogen-bond acceptors (Lipinski definition) is 4. The highest BCUT2D eigenvalue weighted by atomic mass is 16.4. The fourth-order valence-electron chi connectivity index (χ4n) is 2.46. The highest BCUT2D eigenvalue weighted by molar-refractivity contribution is 5.87. The molecule has 0 bridgehead atoms. The molecule has 0 saturated carbocycles. The Morgan fingerprint density at radius 1 is 1.35 bits per heavy atom. The smallest absolute Gasteiger partial charge is 0.326 e. The van der Waals surface area contributed by atoms with Crippen molar-refractivity contribution in [3.8, 4) is 0 Å². The molecule has 6 heteroatoms. The van der Waals surface area contributed by atoms with Crippen molar-refractivity contribution < 1.29 is 19.8 Å². The lowest BCUT2D eigenvalue weighted by Crippen LogP contribution is -2.49. The molecule has 1 aromatic rings. The van der Waals surface area contributed by atoms with E-state index in [4.69, 9.17) is 10.8 Å². The van der Waals surface area contributed by atoms with Crippen LogP contribution in [0.3, 0.4) is 0 Å². The maximum atomic E-state index is 12.2. The number of rotatable bonds is 4. The first-order chi connectivity index (χ1) is 9.49. The van der Waals surface area contributed by atoms with Gasteiger partial charge in [-0.3, -0.25) is 4.79 Å². The van der Waals surface area contributed by atoms with Gasteiger partial charge in [-0.15, -0.1) is 0 Å². The Morgan fingerprint density at radius 2 is 2.00 bits per heavy atom.